The van der Waals surface area contributed by atoms with Gasteiger partial charge in [0.05, 0.1) is 39.5 Å². The van der Waals surface area contributed by atoms with Gasteiger partial charge in [-0.05, 0) is 103 Å². The van der Waals surface area contributed by atoms with Crippen LogP contribution in [0.3, 0.4) is 0 Å². The zero-order chi connectivity index (χ0) is 46.9. The van der Waals surface area contributed by atoms with Crippen LogP contribution < -0.4 is 36.0 Å². The van der Waals surface area contributed by atoms with Crippen LogP contribution in [0.15, 0.2) is 91.1 Å². The van der Waals surface area contributed by atoms with Gasteiger partial charge in [-0.15, -0.1) is 0 Å². The molecule has 16 nitrogen and oxygen atoms in total. The molecule has 0 unspecified atom stereocenters. The van der Waals surface area contributed by atoms with Gasteiger partial charge >= 0.3 is 12.2 Å². The molecule has 3 fully saturated rings. The number of hydrogen-bond donors (Lipinski definition) is 4. The summed E-state index contributed by atoms with van der Waals surface area (Å²) in [6, 6.07) is 26.8. The lowest BCUT2D eigenvalue weighted by molar-refractivity contribution is -0.132. The number of methoxy groups -OCH3 is 2. The zero-order valence-corrected chi connectivity index (χ0v) is 38.6. The Morgan fingerprint density at radius 2 is 1.20 bits per heavy atom. The molecule has 0 bridgehead atoms. The van der Waals surface area contributed by atoms with E-state index in [1.54, 1.807) is 13.8 Å². The van der Waals surface area contributed by atoms with Gasteiger partial charge in [0.25, 0.3) is 0 Å². The van der Waals surface area contributed by atoms with E-state index in [4.69, 9.17) is 19.2 Å². The van der Waals surface area contributed by atoms with Gasteiger partial charge in [-0.1, -0.05) is 64.1 Å². The largest absolute Gasteiger partial charge is 0.453 e. The predicted octanol–water partition coefficient (Wildman–Crippen LogP) is 6.98. The van der Waals surface area contributed by atoms with Gasteiger partial charge in [0.2, 0.25) is 17.7 Å². The second kappa shape index (κ2) is 21.5. The number of morpholine rings is 1. The molecule has 5 atom stereocenters. The number of aromatic nitrogens is 1. The zero-order valence-electron chi connectivity index (χ0n) is 38.6. The van der Waals surface area contributed by atoms with E-state index in [1.165, 1.54) is 14.2 Å². The lowest BCUT2D eigenvalue weighted by atomic mass is 10.0. The maximum atomic E-state index is 13.6. The number of benzene rings is 3. The van der Waals surface area contributed by atoms with Crippen molar-refractivity contribution in [1.82, 2.24) is 20.9 Å². The van der Waals surface area contributed by atoms with Crippen molar-refractivity contribution >= 4 is 52.8 Å². The minimum atomic E-state index is -0.924. The topological polar surface area (TPSA) is 184 Å². The highest BCUT2D eigenvalue weighted by molar-refractivity contribution is 6.02. The summed E-state index contributed by atoms with van der Waals surface area (Å²) in [4.78, 5) is 75.4. The van der Waals surface area contributed by atoms with E-state index in [9.17, 15) is 24.0 Å². The number of rotatable bonds is 14. The van der Waals surface area contributed by atoms with E-state index in [1.807, 2.05) is 49.2 Å². The first-order valence-electron chi connectivity index (χ1n) is 22.8. The molecule has 3 saturated heterocycles. The summed E-state index contributed by atoms with van der Waals surface area (Å²) in [6.07, 6.45) is 3.64. The first kappa shape index (κ1) is 47.3. The van der Waals surface area contributed by atoms with Crippen LogP contribution in [0.4, 0.5) is 32.5 Å². The molecule has 3 aromatic carbocycles. The average Bonchev–Trinajstić information content (AvgIpc) is 4.02. The monoisotopic (exact) mass is 902 g/mol. The molecule has 3 aliphatic rings. The van der Waals surface area contributed by atoms with Crippen LogP contribution in [0.2, 0.25) is 0 Å². The van der Waals surface area contributed by atoms with Crippen LogP contribution in [0.25, 0.3) is 11.1 Å². The maximum absolute atomic E-state index is 13.6. The Morgan fingerprint density at radius 1 is 0.652 bits per heavy atom. The lowest BCUT2D eigenvalue weighted by Gasteiger charge is -2.34. The summed E-state index contributed by atoms with van der Waals surface area (Å²) in [6.45, 7) is 11.0. The second-order valence-electron chi connectivity index (χ2n) is 17.7. The molecule has 66 heavy (non-hydrogen) atoms. The van der Waals surface area contributed by atoms with Crippen molar-refractivity contribution in [3.63, 3.8) is 0 Å². The van der Waals surface area contributed by atoms with Crippen molar-refractivity contribution in [2.24, 2.45) is 11.8 Å². The van der Waals surface area contributed by atoms with Gasteiger partial charge in [0, 0.05) is 48.5 Å². The summed E-state index contributed by atoms with van der Waals surface area (Å²) >= 11 is 0. The molecule has 0 aliphatic carbocycles. The number of anilines is 4. The molecule has 3 aliphatic heterocycles. The molecule has 7 rings (SSSR count). The van der Waals surface area contributed by atoms with Crippen molar-refractivity contribution in [3.05, 3.63) is 102 Å². The highest BCUT2D eigenvalue weighted by atomic mass is 16.5. The molecule has 4 N–H and O–H groups in total. The summed E-state index contributed by atoms with van der Waals surface area (Å²) in [7, 11) is 2.49. The molecular weight excluding hydrogens is 841 g/mol. The van der Waals surface area contributed by atoms with Crippen LogP contribution in [0.5, 0.6) is 0 Å². The van der Waals surface area contributed by atoms with E-state index < -0.39 is 42.1 Å². The number of nitrogens with zero attached hydrogens (tertiary/aromatic N) is 4. The number of alkyl carbamates (subject to hydrolysis) is 2. The Bertz CT molecular complexity index is 2300. The second-order valence-corrected chi connectivity index (χ2v) is 17.7. The van der Waals surface area contributed by atoms with Crippen LogP contribution in [-0.4, -0.2) is 100 Å². The van der Waals surface area contributed by atoms with E-state index in [2.05, 4.69) is 91.7 Å². The Labute approximate surface area is 386 Å². The molecule has 0 saturated carbocycles. The number of imide groups is 1. The molecule has 4 aromatic rings. The lowest BCUT2D eigenvalue weighted by Crippen LogP contribution is -2.54. The molecule has 350 valence electrons. The van der Waals surface area contributed by atoms with Gasteiger partial charge < -0.3 is 44.9 Å². The third kappa shape index (κ3) is 11.0. The summed E-state index contributed by atoms with van der Waals surface area (Å²) in [5, 5.41) is 10.7. The smallest absolute Gasteiger partial charge is 0.407 e. The molecule has 16 heteroatoms. The highest BCUT2D eigenvalue weighted by Crippen LogP contribution is 2.47. The SMILES string of the molecule is COC(=O)N[C@H](C(=O)NC(=O)[C@@H]1CCCN1c1ccc([C@H]2CC[C@@H](c3ccc(NC(=O)[C@@H](NC(=O)OC)C(C)C)cc3)N2c2ccc(-c3ccc(N4CCOCC4)nc3)cc2)cc1)C(C)C. The number of hydrogen-bond acceptors (Lipinski definition) is 12. The number of carbonyl (C=O) groups is 5. The standard InChI is InChI=1S/C50H62N8O8/c1-31(2)44(53-49(62)64-5)47(60)52-37-16-9-34(10-17-37)40-22-23-41(58(40)39-20-11-33(12-21-39)36-15-24-43(51-30-36)56-26-28-66-29-27-56)35-13-18-38(19-14-35)57-25-7-8-42(57)46(59)55-48(61)45(32(3)4)54-50(63)65-6/h9-21,24,30-32,40-42,44-45H,7-8,22-23,25-29H2,1-6H3,(H,52,60)(H,53,62)(H,54,63)(H,55,59,61)/t40-,41+,42-,44-,45-/m0/s1. The van der Waals surface area contributed by atoms with Gasteiger partial charge in [-0.3, -0.25) is 19.7 Å². The molecule has 4 heterocycles. The van der Waals surface area contributed by atoms with Crippen molar-refractivity contribution in [1.29, 1.82) is 0 Å². The van der Waals surface area contributed by atoms with Gasteiger partial charge in [0.15, 0.2) is 0 Å². The van der Waals surface area contributed by atoms with Crippen LogP contribution >= 0.6 is 0 Å². The summed E-state index contributed by atoms with van der Waals surface area (Å²) in [5.41, 5.74) is 6.86. The summed E-state index contributed by atoms with van der Waals surface area (Å²) in [5.74, 6) is -0.788. The third-order valence-electron chi connectivity index (χ3n) is 12.8. The third-order valence-corrected chi connectivity index (χ3v) is 12.8. The first-order valence-corrected chi connectivity index (χ1v) is 22.8. The first-order chi connectivity index (χ1) is 31.8. The predicted molar refractivity (Wildman–Crippen MR) is 253 cm³/mol. The van der Waals surface area contributed by atoms with E-state index in [-0.39, 0.29) is 29.8 Å². The fraction of sp³-hybridized carbons (Fsp3) is 0.440. The Kier molecular flexibility index (Phi) is 15.4. The van der Waals surface area contributed by atoms with Crippen LogP contribution in [0, 0.1) is 11.8 Å². The Morgan fingerprint density at radius 3 is 1.74 bits per heavy atom. The van der Waals surface area contributed by atoms with Crippen molar-refractivity contribution < 1.29 is 38.2 Å². The maximum Gasteiger partial charge on any atom is 0.407 e. The normalized spacial score (nSPS) is 19.3. The van der Waals surface area contributed by atoms with E-state index in [0.717, 1.165) is 71.8 Å². The highest BCUT2D eigenvalue weighted by Gasteiger charge is 2.37. The Hall–Kier alpha value is -6.68. The fourth-order valence-corrected chi connectivity index (χ4v) is 9.16. The molecular formula is C50H62N8O8. The minimum absolute atomic E-state index is 0.0108. The van der Waals surface area contributed by atoms with Crippen molar-refractivity contribution in [2.75, 3.05) is 67.1 Å². The molecule has 0 radical (unpaired) electrons. The molecule has 5 amide bonds. The average molecular weight is 903 g/mol. The molecule has 1 aromatic heterocycles. The minimum Gasteiger partial charge on any atom is -0.453 e. The van der Waals surface area contributed by atoms with Gasteiger partial charge in [-0.2, -0.15) is 0 Å². The number of ether oxygens (including phenoxy) is 3. The van der Waals surface area contributed by atoms with E-state index >= 15 is 0 Å². The van der Waals surface area contributed by atoms with Crippen molar-refractivity contribution in [3.8, 4) is 11.1 Å². The summed E-state index contributed by atoms with van der Waals surface area (Å²) < 4.78 is 14.9. The van der Waals surface area contributed by atoms with Crippen LogP contribution in [0.1, 0.15) is 76.6 Å². The number of carbonyl (C=O) groups excluding carboxylic acids is 5. The van der Waals surface area contributed by atoms with E-state index in [0.29, 0.717) is 31.9 Å². The molecule has 0 spiro atoms. The number of pyridine rings is 1. The van der Waals surface area contributed by atoms with Gasteiger partial charge in [-0.25, -0.2) is 14.6 Å². The quantitative estimate of drug-likeness (QED) is 0.102. The number of nitrogens with one attached hydrogen (secondary N) is 4. The number of amides is 5. The van der Waals surface area contributed by atoms with Gasteiger partial charge in [0.1, 0.15) is 23.9 Å². The fourth-order valence-electron chi connectivity index (χ4n) is 9.16. The van der Waals surface area contributed by atoms with Crippen LogP contribution in [-0.2, 0) is 28.6 Å². The van der Waals surface area contributed by atoms with Crippen molar-refractivity contribution in [2.45, 2.75) is 83.6 Å². The Balaban J connectivity index is 1.11.